The van der Waals surface area contributed by atoms with E-state index in [0.29, 0.717) is 10.4 Å². The molecule has 0 bridgehead atoms. The lowest BCUT2D eigenvalue weighted by Gasteiger charge is -2.36. The molecule has 0 amide bonds. The number of hydrogen-bond donors (Lipinski definition) is 1. The van der Waals surface area contributed by atoms with E-state index in [2.05, 4.69) is 34.3 Å². The van der Waals surface area contributed by atoms with Crippen LogP contribution in [0.3, 0.4) is 0 Å². The quantitative estimate of drug-likeness (QED) is 0.785. The van der Waals surface area contributed by atoms with Crippen molar-refractivity contribution < 1.29 is 13.5 Å². The first-order chi connectivity index (χ1) is 12.9. The SMILES string of the molecule is CC(F)(F)Oc1ccc([N+]2(C)C=C(N3CCNCC3)C=C2C2CCC2)cc1. The summed E-state index contributed by atoms with van der Waals surface area (Å²) in [7, 11) is 2.20. The van der Waals surface area contributed by atoms with Gasteiger partial charge in [0.2, 0.25) is 0 Å². The van der Waals surface area contributed by atoms with Gasteiger partial charge in [0.15, 0.2) is 0 Å². The van der Waals surface area contributed by atoms with Crippen molar-refractivity contribution in [3.8, 4) is 5.75 Å². The number of halogens is 2. The van der Waals surface area contributed by atoms with Gasteiger partial charge in [-0.05, 0) is 25.0 Å². The van der Waals surface area contributed by atoms with Crippen LogP contribution < -0.4 is 14.5 Å². The van der Waals surface area contributed by atoms with E-state index in [9.17, 15) is 8.78 Å². The minimum absolute atomic E-state index is 0.192. The monoisotopic (exact) mass is 376 g/mol. The lowest BCUT2D eigenvalue weighted by molar-refractivity contribution is -0.158. The second-order valence-corrected chi connectivity index (χ2v) is 7.97. The lowest BCUT2D eigenvalue weighted by Crippen LogP contribution is -2.43. The Morgan fingerprint density at radius 3 is 2.37 bits per heavy atom. The fourth-order valence-electron chi connectivity index (χ4n) is 4.21. The number of hydrogen-bond acceptors (Lipinski definition) is 3. The summed E-state index contributed by atoms with van der Waals surface area (Å²) >= 11 is 0. The number of benzene rings is 1. The molecule has 2 heterocycles. The molecule has 2 aliphatic heterocycles. The minimum Gasteiger partial charge on any atom is -0.433 e. The summed E-state index contributed by atoms with van der Waals surface area (Å²) < 4.78 is 31.5. The molecule has 1 aromatic carbocycles. The van der Waals surface area contributed by atoms with E-state index < -0.39 is 6.11 Å². The van der Waals surface area contributed by atoms with E-state index in [1.165, 1.54) is 30.7 Å². The van der Waals surface area contributed by atoms with E-state index >= 15 is 0 Å². The number of allylic oxidation sites excluding steroid dienone is 2. The fourth-order valence-corrected chi connectivity index (χ4v) is 4.21. The van der Waals surface area contributed by atoms with Crippen molar-refractivity contribution in [2.75, 3.05) is 33.2 Å². The Kier molecular flexibility index (Phi) is 4.72. The van der Waals surface area contributed by atoms with Gasteiger partial charge in [0.1, 0.15) is 23.3 Å². The Morgan fingerprint density at radius 1 is 1.15 bits per heavy atom. The van der Waals surface area contributed by atoms with Crippen LogP contribution in [0.2, 0.25) is 0 Å². The zero-order valence-electron chi connectivity index (χ0n) is 16.0. The van der Waals surface area contributed by atoms with Crippen LogP contribution in [0.1, 0.15) is 26.2 Å². The van der Waals surface area contributed by atoms with Crippen LogP contribution in [0.4, 0.5) is 14.5 Å². The van der Waals surface area contributed by atoms with Gasteiger partial charge in [-0.15, -0.1) is 0 Å². The Hall–Kier alpha value is -1.92. The summed E-state index contributed by atoms with van der Waals surface area (Å²) in [5, 5.41) is 3.40. The number of nitrogens with one attached hydrogen (secondary N) is 1. The van der Waals surface area contributed by atoms with Crippen LogP contribution in [0, 0.1) is 5.92 Å². The van der Waals surface area contributed by atoms with Crippen LogP contribution in [0.25, 0.3) is 0 Å². The second-order valence-electron chi connectivity index (χ2n) is 7.97. The van der Waals surface area contributed by atoms with Crippen molar-refractivity contribution >= 4 is 5.69 Å². The first-order valence-electron chi connectivity index (χ1n) is 9.79. The zero-order chi connectivity index (χ0) is 19.1. The standard InChI is InChI=1S/C21H28F2N3O/c1-21(22,23)27-19-8-6-18(7-9-19)26(2)15-17(25-12-10-24-11-13-25)14-20(26)16-4-3-5-16/h6-9,14-16,24H,3-5,10-13H2,1-2H3/q+1. The topological polar surface area (TPSA) is 24.5 Å². The van der Waals surface area contributed by atoms with E-state index in [1.807, 2.05) is 12.1 Å². The number of alkyl halides is 2. The highest BCUT2D eigenvalue weighted by molar-refractivity contribution is 5.57. The molecule has 4 nitrogen and oxygen atoms in total. The molecular weight excluding hydrogens is 348 g/mol. The Labute approximate surface area is 159 Å². The zero-order valence-corrected chi connectivity index (χ0v) is 16.0. The molecule has 1 aliphatic carbocycles. The smallest absolute Gasteiger partial charge is 0.394 e. The molecule has 1 unspecified atom stereocenters. The van der Waals surface area contributed by atoms with Crippen molar-refractivity contribution in [3.63, 3.8) is 0 Å². The minimum atomic E-state index is -3.17. The molecular formula is C21H28F2N3O+. The number of quaternary nitrogens is 1. The maximum Gasteiger partial charge on any atom is 0.394 e. The maximum atomic E-state index is 13.1. The Morgan fingerprint density at radius 2 is 1.81 bits per heavy atom. The molecule has 0 radical (unpaired) electrons. The predicted molar refractivity (Wildman–Crippen MR) is 103 cm³/mol. The molecule has 0 aromatic heterocycles. The highest BCUT2D eigenvalue weighted by Gasteiger charge is 2.42. The van der Waals surface area contributed by atoms with E-state index in [4.69, 9.17) is 0 Å². The molecule has 1 saturated heterocycles. The van der Waals surface area contributed by atoms with Crippen LogP contribution >= 0.6 is 0 Å². The van der Waals surface area contributed by atoms with Crippen molar-refractivity contribution in [2.24, 2.45) is 5.92 Å². The van der Waals surface area contributed by atoms with Gasteiger partial charge in [-0.25, -0.2) is 4.48 Å². The van der Waals surface area contributed by atoms with Crippen LogP contribution in [-0.2, 0) is 0 Å². The van der Waals surface area contributed by atoms with Gasteiger partial charge in [-0.3, -0.25) is 0 Å². The molecule has 6 heteroatoms. The molecule has 3 aliphatic rings. The predicted octanol–water partition coefficient (Wildman–Crippen LogP) is 4.06. The van der Waals surface area contributed by atoms with Crippen LogP contribution in [0.15, 0.2) is 47.9 Å². The van der Waals surface area contributed by atoms with Crippen molar-refractivity contribution in [1.82, 2.24) is 14.7 Å². The first-order valence-corrected chi connectivity index (χ1v) is 9.79. The summed E-state index contributed by atoms with van der Waals surface area (Å²) in [6, 6.07) is 7.10. The highest BCUT2D eigenvalue weighted by atomic mass is 19.3. The third-order valence-corrected chi connectivity index (χ3v) is 5.90. The van der Waals surface area contributed by atoms with Gasteiger partial charge in [0, 0.05) is 57.2 Å². The molecule has 2 fully saturated rings. The number of rotatable bonds is 5. The van der Waals surface area contributed by atoms with Gasteiger partial charge in [-0.1, -0.05) is 6.42 Å². The average molecular weight is 376 g/mol. The summed E-state index contributed by atoms with van der Waals surface area (Å²) in [5.41, 5.74) is 3.76. The summed E-state index contributed by atoms with van der Waals surface area (Å²) in [4.78, 5) is 2.44. The number of piperazine rings is 1. The first kappa shape index (κ1) is 18.4. The van der Waals surface area contributed by atoms with Crippen LogP contribution in [0.5, 0.6) is 5.75 Å². The van der Waals surface area contributed by atoms with Crippen molar-refractivity contribution in [3.05, 3.63) is 47.9 Å². The van der Waals surface area contributed by atoms with Gasteiger partial charge in [0.25, 0.3) is 0 Å². The molecule has 1 saturated carbocycles. The number of ether oxygens (including phenoxy) is 1. The molecule has 4 rings (SSSR count). The summed E-state index contributed by atoms with van der Waals surface area (Å²) in [6.07, 6.45) is 5.24. The molecule has 1 N–H and O–H groups in total. The molecule has 27 heavy (non-hydrogen) atoms. The average Bonchev–Trinajstić information content (AvgIpc) is 2.92. The molecule has 1 atom stereocenters. The number of nitrogens with zero attached hydrogens (tertiary/aromatic N) is 2. The van der Waals surface area contributed by atoms with E-state index in [1.54, 1.807) is 12.1 Å². The van der Waals surface area contributed by atoms with E-state index in [-0.39, 0.29) is 5.75 Å². The molecule has 146 valence electrons. The van der Waals surface area contributed by atoms with Crippen molar-refractivity contribution in [1.29, 1.82) is 0 Å². The highest BCUT2D eigenvalue weighted by Crippen LogP contribution is 2.45. The molecule has 1 aromatic rings. The lowest BCUT2D eigenvalue weighted by atomic mass is 9.81. The normalized spacial score (nSPS) is 26.4. The van der Waals surface area contributed by atoms with Gasteiger partial charge in [-0.2, -0.15) is 8.78 Å². The van der Waals surface area contributed by atoms with Gasteiger partial charge < -0.3 is 15.0 Å². The fraction of sp³-hybridized carbons (Fsp3) is 0.524. The van der Waals surface area contributed by atoms with Gasteiger partial charge in [0.05, 0.1) is 12.7 Å². The Balaban J connectivity index is 1.63. The van der Waals surface area contributed by atoms with E-state index in [0.717, 1.165) is 38.8 Å². The summed E-state index contributed by atoms with van der Waals surface area (Å²) in [5.74, 6) is 0.792. The third-order valence-electron chi connectivity index (χ3n) is 5.90. The summed E-state index contributed by atoms with van der Waals surface area (Å²) in [6.45, 7) is 4.79. The van der Waals surface area contributed by atoms with Crippen molar-refractivity contribution in [2.45, 2.75) is 32.3 Å². The molecule has 0 spiro atoms. The van der Waals surface area contributed by atoms with Gasteiger partial charge >= 0.3 is 6.11 Å². The third kappa shape index (κ3) is 3.73. The maximum absolute atomic E-state index is 13.1. The largest absolute Gasteiger partial charge is 0.433 e. The van der Waals surface area contributed by atoms with Crippen LogP contribution in [-0.4, -0.2) is 44.2 Å². The Bertz CT molecular complexity index is 744. The second kappa shape index (κ2) is 6.91.